The first-order valence-corrected chi connectivity index (χ1v) is 10.8. The molecule has 2 heterocycles. The van der Waals surface area contributed by atoms with Crippen LogP contribution in [-0.2, 0) is 11.2 Å². The van der Waals surface area contributed by atoms with Gasteiger partial charge in [-0.3, -0.25) is 14.3 Å². The maximum atomic E-state index is 12.1. The van der Waals surface area contributed by atoms with Gasteiger partial charge < -0.3 is 14.9 Å². The van der Waals surface area contributed by atoms with Gasteiger partial charge in [-0.05, 0) is 32.3 Å². The molecule has 0 spiro atoms. The lowest BCUT2D eigenvalue weighted by Gasteiger charge is -2.19. The van der Waals surface area contributed by atoms with E-state index >= 15 is 0 Å². The summed E-state index contributed by atoms with van der Waals surface area (Å²) in [5.74, 6) is 0. The van der Waals surface area contributed by atoms with Crippen LogP contribution >= 0.6 is 6.89 Å². The molecule has 1 aromatic heterocycles. The summed E-state index contributed by atoms with van der Waals surface area (Å²) in [5.41, 5.74) is -0.845. The molecule has 2 rings (SSSR count). The van der Waals surface area contributed by atoms with Gasteiger partial charge in [0.25, 0.3) is 5.56 Å². The number of hydrogen-bond acceptors (Lipinski definition) is 5. The van der Waals surface area contributed by atoms with E-state index in [-0.39, 0.29) is 6.42 Å². The average molecular weight is 356 g/mol. The van der Waals surface area contributed by atoms with Crippen molar-refractivity contribution >= 4 is 13.2 Å². The van der Waals surface area contributed by atoms with Crippen LogP contribution in [0, 0.1) is 0 Å². The van der Waals surface area contributed by atoms with Crippen molar-refractivity contribution < 1.29 is 14.9 Å². The highest BCUT2D eigenvalue weighted by Crippen LogP contribution is 2.39. The number of hydrogen-bond donors (Lipinski definition) is 3. The van der Waals surface area contributed by atoms with Crippen LogP contribution in [0.2, 0.25) is 0 Å². The van der Waals surface area contributed by atoms with Crippen molar-refractivity contribution in [2.75, 3.05) is 19.5 Å². The summed E-state index contributed by atoms with van der Waals surface area (Å²) in [5, 5.41) is 20.5. The molecule has 1 aliphatic rings. The number of aliphatic hydroxyl groups is 2. The van der Waals surface area contributed by atoms with Crippen LogP contribution in [0.3, 0.4) is 0 Å². The summed E-state index contributed by atoms with van der Waals surface area (Å²) < 4.78 is 6.85. The molecule has 24 heavy (non-hydrogen) atoms. The largest absolute Gasteiger partial charge is 0.388 e. The lowest BCUT2D eigenvalue weighted by atomic mass is 10.1. The third kappa shape index (κ3) is 4.16. The number of H-pyrrole nitrogens is 1. The van der Waals surface area contributed by atoms with E-state index in [0.29, 0.717) is 12.0 Å². The Morgan fingerprint density at radius 2 is 2.04 bits per heavy atom. The van der Waals surface area contributed by atoms with Gasteiger partial charge in [-0.1, -0.05) is 6.08 Å². The molecule has 8 heteroatoms. The molecule has 4 atom stereocenters. The van der Waals surface area contributed by atoms with E-state index in [2.05, 4.69) is 31.2 Å². The summed E-state index contributed by atoms with van der Waals surface area (Å²) in [4.78, 5) is 26.0. The van der Waals surface area contributed by atoms with Gasteiger partial charge in [0.2, 0.25) is 0 Å². The van der Waals surface area contributed by atoms with Crippen LogP contribution in [0.4, 0.5) is 0 Å². The minimum Gasteiger partial charge on any atom is -0.388 e. The molecule has 0 saturated carbocycles. The Kier molecular flexibility index (Phi) is 5.71. The normalized spacial score (nSPS) is 27.3. The maximum Gasteiger partial charge on any atom is 0.330 e. The molecule has 0 aromatic carbocycles. The topological polar surface area (TPSA) is 105 Å². The highest BCUT2D eigenvalue weighted by molar-refractivity contribution is 7.72. The first-order valence-electron chi connectivity index (χ1n) is 7.78. The van der Waals surface area contributed by atoms with Gasteiger partial charge in [-0.2, -0.15) is 0 Å². The van der Waals surface area contributed by atoms with Gasteiger partial charge in [-0.25, -0.2) is 4.79 Å². The second kappa shape index (κ2) is 7.23. The molecule has 0 bridgehead atoms. The van der Waals surface area contributed by atoms with Crippen LogP contribution in [0.5, 0.6) is 0 Å². The first kappa shape index (κ1) is 18.9. The van der Waals surface area contributed by atoms with Gasteiger partial charge in [-0.15, -0.1) is 19.8 Å². The van der Waals surface area contributed by atoms with E-state index in [1.54, 1.807) is 6.08 Å². The number of aromatic amines is 1. The van der Waals surface area contributed by atoms with Crippen LogP contribution in [0.1, 0.15) is 18.2 Å². The molecule has 1 aliphatic heterocycles. The summed E-state index contributed by atoms with van der Waals surface area (Å²) in [7, 11) is 0. The average Bonchev–Trinajstić information content (AvgIpc) is 2.75. The molecule has 1 unspecified atom stereocenters. The fourth-order valence-electron chi connectivity index (χ4n) is 2.69. The number of nitrogens with zero attached hydrogens (tertiary/aromatic N) is 1. The fraction of sp³-hybridized carbons (Fsp3) is 0.562. The van der Waals surface area contributed by atoms with Crippen molar-refractivity contribution in [3.63, 3.8) is 0 Å². The molecule has 1 fully saturated rings. The van der Waals surface area contributed by atoms with Crippen LogP contribution in [0.25, 0.3) is 0 Å². The van der Waals surface area contributed by atoms with Gasteiger partial charge in [0.1, 0.15) is 12.2 Å². The van der Waals surface area contributed by atoms with Gasteiger partial charge in [0.05, 0.1) is 6.10 Å². The lowest BCUT2D eigenvalue weighted by molar-refractivity contribution is -0.0403. The minimum absolute atomic E-state index is 0.282. The van der Waals surface area contributed by atoms with Crippen molar-refractivity contribution in [3.8, 4) is 0 Å². The van der Waals surface area contributed by atoms with Crippen molar-refractivity contribution in [2.24, 2.45) is 0 Å². The van der Waals surface area contributed by atoms with Crippen molar-refractivity contribution in [1.82, 2.24) is 9.55 Å². The van der Waals surface area contributed by atoms with E-state index in [4.69, 9.17) is 4.74 Å². The van der Waals surface area contributed by atoms with Crippen molar-refractivity contribution in [2.45, 2.75) is 37.4 Å². The van der Waals surface area contributed by atoms with Crippen LogP contribution in [-0.4, -0.2) is 63.9 Å². The Labute approximate surface area is 140 Å². The maximum absolute atomic E-state index is 12.1. The predicted molar refractivity (Wildman–Crippen MR) is 96.5 cm³/mol. The molecule has 0 aliphatic carbocycles. The molecule has 1 aromatic rings. The SMILES string of the molecule is C=CCc1cn(C2O[C@H](CCP(=C)(C)C)[C@@H](O)[C@H]2O)c(=O)[nH]c1=O. The third-order valence-corrected chi connectivity index (χ3v) is 5.50. The Balaban J connectivity index is 2.28. The van der Waals surface area contributed by atoms with E-state index in [9.17, 15) is 19.8 Å². The van der Waals surface area contributed by atoms with E-state index < -0.39 is 42.7 Å². The van der Waals surface area contributed by atoms with Crippen LogP contribution < -0.4 is 11.2 Å². The van der Waals surface area contributed by atoms with E-state index in [1.165, 1.54) is 6.20 Å². The smallest absolute Gasteiger partial charge is 0.330 e. The van der Waals surface area contributed by atoms with Gasteiger partial charge in [0.15, 0.2) is 6.23 Å². The quantitative estimate of drug-likeness (QED) is 0.491. The molecule has 3 N–H and O–H groups in total. The number of rotatable bonds is 6. The summed E-state index contributed by atoms with van der Waals surface area (Å²) in [6, 6.07) is 0. The number of aliphatic hydroxyl groups excluding tert-OH is 2. The van der Waals surface area contributed by atoms with E-state index in [1.807, 2.05) is 0 Å². The second-order valence-electron chi connectivity index (χ2n) is 6.81. The highest BCUT2D eigenvalue weighted by Gasteiger charge is 2.43. The number of aromatic nitrogens is 2. The Morgan fingerprint density at radius 1 is 1.38 bits per heavy atom. The van der Waals surface area contributed by atoms with Gasteiger partial charge in [0, 0.05) is 11.8 Å². The Morgan fingerprint density at radius 3 is 2.62 bits per heavy atom. The monoisotopic (exact) mass is 356 g/mol. The zero-order chi connectivity index (χ0) is 18.1. The molecular weight excluding hydrogens is 331 g/mol. The summed E-state index contributed by atoms with van der Waals surface area (Å²) in [6.45, 7) is 6.44. The predicted octanol–water partition coefficient (Wildman–Crippen LogP) is -0.0164. The summed E-state index contributed by atoms with van der Waals surface area (Å²) in [6.07, 6.45) is 4.69. The minimum atomic E-state index is -1.29. The zero-order valence-electron chi connectivity index (χ0n) is 14.0. The molecule has 134 valence electrons. The summed E-state index contributed by atoms with van der Waals surface area (Å²) >= 11 is 0. The zero-order valence-corrected chi connectivity index (χ0v) is 14.9. The van der Waals surface area contributed by atoms with Crippen LogP contribution in [0.15, 0.2) is 28.4 Å². The highest BCUT2D eigenvalue weighted by atomic mass is 31.2. The third-order valence-electron chi connectivity index (χ3n) is 4.04. The van der Waals surface area contributed by atoms with Gasteiger partial charge >= 0.3 is 5.69 Å². The number of ether oxygens (including phenoxy) is 1. The molecular formula is C16H25N2O5P. The molecule has 1 saturated heterocycles. The molecule has 0 amide bonds. The van der Waals surface area contributed by atoms with Crippen molar-refractivity contribution in [3.05, 3.63) is 45.3 Å². The molecule has 7 nitrogen and oxygen atoms in total. The van der Waals surface area contributed by atoms with E-state index in [0.717, 1.165) is 10.7 Å². The van der Waals surface area contributed by atoms with Crippen molar-refractivity contribution in [1.29, 1.82) is 0 Å². The number of nitrogens with one attached hydrogen (secondary N) is 1. The standard InChI is InChI=1S/C16H25N2O5P/c1-5-6-10-9-18(16(22)17-14(10)21)15-13(20)12(19)11(23-15)7-8-24(2,3)4/h5,9,11-13,15,19-20H,1-2,6-8H2,3-4H3,(H,17,21,22)/t11-,12-,13-,15?/m1/s1. The first-order chi connectivity index (χ1) is 11.1. The fourth-order valence-corrected chi connectivity index (χ4v) is 3.64. The Hall–Kier alpha value is -1.40. The molecule has 0 radical (unpaired) electrons. The second-order valence-corrected chi connectivity index (χ2v) is 11.1. The Bertz CT molecular complexity index is 762. The number of allylic oxidation sites excluding steroid dienone is 1. The lowest BCUT2D eigenvalue weighted by Crippen LogP contribution is -2.38.